The van der Waals surface area contributed by atoms with E-state index < -0.39 is 0 Å². The highest BCUT2D eigenvalue weighted by Gasteiger charge is 2.27. The third-order valence-electron chi connectivity index (χ3n) is 6.17. The van der Waals surface area contributed by atoms with Crippen LogP contribution in [0.1, 0.15) is 38.7 Å². The number of aromatic nitrogens is 3. The van der Waals surface area contributed by atoms with Crippen molar-refractivity contribution in [3.05, 3.63) is 64.6 Å². The minimum atomic E-state index is -0.142. The largest absolute Gasteiger partial charge is 0.348 e. The lowest BCUT2D eigenvalue weighted by Gasteiger charge is -2.36. The maximum absolute atomic E-state index is 13.5. The lowest BCUT2D eigenvalue weighted by molar-refractivity contribution is -0.135. The highest BCUT2D eigenvalue weighted by Crippen LogP contribution is 2.18. The van der Waals surface area contributed by atoms with E-state index in [1.165, 1.54) is 0 Å². The third-order valence-corrected chi connectivity index (χ3v) is 6.17. The zero-order valence-corrected chi connectivity index (χ0v) is 18.9. The molecule has 1 atom stereocenters. The molecule has 168 valence electrons. The van der Waals surface area contributed by atoms with Crippen LogP contribution < -0.4 is 10.5 Å². The Morgan fingerprint density at radius 2 is 1.81 bits per heavy atom. The molecule has 7 heteroatoms. The van der Waals surface area contributed by atoms with E-state index in [4.69, 9.17) is 0 Å². The van der Waals surface area contributed by atoms with E-state index in [-0.39, 0.29) is 17.4 Å². The highest BCUT2D eigenvalue weighted by molar-refractivity contribution is 5.79. The van der Waals surface area contributed by atoms with E-state index >= 15 is 0 Å². The number of anilines is 1. The van der Waals surface area contributed by atoms with Gasteiger partial charge in [-0.15, -0.1) is 0 Å². The molecule has 3 heterocycles. The molecule has 32 heavy (non-hydrogen) atoms. The number of pyridine rings is 1. The maximum atomic E-state index is 13.5. The molecule has 0 aliphatic carbocycles. The molecule has 0 radical (unpaired) electrons. The van der Waals surface area contributed by atoms with E-state index in [1.807, 2.05) is 59.2 Å². The molecule has 0 N–H and O–H groups in total. The molecule has 1 aliphatic rings. The summed E-state index contributed by atoms with van der Waals surface area (Å²) in [6.07, 6.45) is 4.79. The van der Waals surface area contributed by atoms with Gasteiger partial charge in [0.2, 0.25) is 5.91 Å². The van der Waals surface area contributed by atoms with Gasteiger partial charge < -0.3 is 9.80 Å². The summed E-state index contributed by atoms with van der Waals surface area (Å²) in [6, 6.07) is 13.6. The fraction of sp³-hybridized carbons (Fsp3) is 0.440. The Hall–Kier alpha value is -3.22. The predicted octanol–water partition coefficient (Wildman–Crippen LogP) is 3.31. The molecule has 7 nitrogen and oxygen atoms in total. The van der Waals surface area contributed by atoms with E-state index in [0.29, 0.717) is 49.7 Å². The molecule has 1 saturated heterocycles. The van der Waals surface area contributed by atoms with Crippen LogP contribution in [0.4, 0.5) is 5.82 Å². The summed E-state index contributed by atoms with van der Waals surface area (Å²) in [7, 11) is 0. The predicted molar refractivity (Wildman–Crippen MR) is 127 cm³/mol. The number of benzene rings is 1. The minimum Gasteiger partial charge on any atom is -0.348 e. The van der Waals surface area contributed by atoms with Crippen molar-refractivity contribution in [2.45, 2.75) is 39.7 Å². The Balaban J connectivity index is 1.57. The van der Waals surface area contributed by atoms with Crippen molar-refractivity contribution in [3.8, 4) is 0 Å². The fourth-order valence-electron chi connectivity index (χ4n) is 4.27. The van der Waals surface area contributed by atoms with Crippen LogP contribution >= 0.6 is 0 Å². The summed E-state index contributed by atoms with van der Waals surface area (Å²) in [5, 5.41) is 0. The van der Waals surface area contributed by atoms with Gasteiger partial charge >= 0.3 is 0 Å². The fourth-order valence-corrected chi connectivity index (χ4v) is 4.27. The Labute approximate surface area is 188 Å². The van der Waals surface area contributed by atoms with Crippen molar-refractivity contribution in [1.82, 2.24) is 19.4 Å². The van der Waals surface area contributed by atoms with Gasteiger partial charge in [0.25, 0.3) is 5.56 Å². The van der Waals surface area contributed by atoms with Crippen LogP contribution in [0.3, 0.4) is 0 Å². The van der Waals surface area contributed by atoms with E-state index in [0.717, 1.165) is 24.8 Å². The van der Waals surface area contributed by atoms with Gasteiger partial charge in [-0.05, 0) is 24.1 Å². The molecule has 1 amide bonds. The monoisotopic (exact) mass is 433 g/mol. The second kappa shape index (κ2) is 9.94. The smallest absolute Gasteiger partial charge is 0.295 e. The van der Waals surface area contributed by atoms with Crippen LogP contribution in [0.15, 0.2) is 53.5 Å². The molecule has 1 aliphatic heterocycles. The normalized spacial score (nSPS) is 15.2. The lowest BCUT2D eigenvalue weighted by Crippen LogP contribution is -2.51. The van der Waals surface area contributed by atoms with Gasteiger partial charge in [-0.1, -0.05) is 57.0 Å². The van der Waals surface area contributed by atoms with Crippen LogP contribution in [0, 0.1) is 5.92 Å². The van der Waals surface area contributed by atoms with Gasteiger partial charge in [-0.25, -0.2) is 9.97 Å². The zero-order valence-electron chi connectivity index (χ0n) is 18.9. The van der Waals surface area contributed by atoms with Crippen LogP contribution in [0.5, 0.6) is 0 Å². The number of unbranched alkanes of at least 4 members (excludes halogenated alkanes) is 1. The molecule has 3 aromatic rings. The molecule has 4 rings (SSSR count). The number of carbonyl (C=O) groups is 1. The van der Waals surface area contributed by atoms with Crippen molar-refractivity contribution in [2.24, 2.45) is 5.92 Å². The van der Waals surface area contributed by atoms with Gasteiger partial charge in [0.1, 0.15) is 5.52 Å². The number of carbonyl (C=O) groups excluding carboxylic acids is 1. The number of amides is 1. The number of hydrogen-bond acceptors (Lipinski definition) is 5. The second-order valence-electron chi connectivity index (χ2n) is 8.51. The molecular weight excluding hydrogens is 402 g/mol. The van der Waals surface area contributed by atoms with Gasteiger partial charge in [-0.2, -0.15) is 0 Å². The zero-order chi connectivity index (χ0) is 22.5. The summed E-state index contributed by atoms with van der Waals surface area (Å²) in [5.74, 6) is 0.706. The summed E-state index contributed by atoms with van der Waals surface area (Å²) in [5.41, 5.74) is 2.18. The number of piperazine rings is 1. The Bertz CT molecular complexity index is 1120. The van der Waals surface area contributed by atoms with Crippen LogP contribution in [-0.2, 0) is 11.3 Å². The topological polar surface area (TPSA) is 71.3 Å². The average molecular weight is 434 g/mol. The summed E-state index contributed by atoms with van der Waals surface area (Å²) in [4.78, 5) is 39.3. The number of fused-ring (bicyclic) bond motifs is 1. The van der Waals surface area contributed by atoms with Crippen LogP contribution in [0.25, 0.3) is 11.2 Å². The number of rotatable bonds is 7. The molecule has 1 fully saturated rings. The first-order valence-corrected chi connectivity index (χ1v) is 11.5. The van der Waals surface area contributed by atoms with Crippen molar-refractivity contribution in [3.63, 3.8) is 0 Å². The summed E-state index contributed by atoms with van der Waals surface area (Å²) >= 11 is 0. The first kappa shape index (κ1) is 22.0. The minimum absolute atomic E-state index is 0.0504. The van der Waals surface area contributed by atoms with Gasteiger partial charge in [0.15, 0.2) is 11.5 Å². The number of hydrogen-bond donors (Lipinski definition) is 0. The van der Waals surface area contributed by atoms with E-state index in [1.54, 1.807) is 10.8 Å². The molecule has 0 unspecified atom stereocenters. The van der Waals surface area contributed by atoms with Crippen molar-refractivity contribution in [1.29, 1.82) is 0 Å². The first-order valence-electron chi connectivity index (χ1n) is 11.5. The molecular formula is C25H31N5O2. The molecule has 1 aromatic carbocycles. The lowest BCUT2D eigenvalue weighted by atomic mass is 10.0. The molecule has 2 aromatic heterocycles. The third kappa shape index (κ3) is 4.66. The SMILES string of the molecule is CCCC[C@@H](C)C(=O)N1CCN(c2nc3cccnc3n(Cc3ccccc3)c2=O)CC1. The highest BCUT2D eigenvalue weighted by atomic mass is 16.2. The molecule has 0 spiro atoms. The Morgan fingerprint density at radius 1 is 1.06 bits per heavy atom. The van der Waals surface area contributed by atoms with Crippen molar-refractivity contribution in [2.75, 3.05) is 31.1 Å². The van der Waals surface area contributed by atoms with E-state index in [2.05, 4.69) is 16.9 Å². The molecule has 0 bridgehead atoms. The van der Waals surface area contributed by atoms with Crippen LogP contribution in [-0.4, -0.2) is 51.5 Å². The Morgan fingerprint density at radius 3 is 2.53 bits per heavy atom. The second-order valence-corrected chi connectivity index (χ2v) is 8.51. The standard InChI is InChI=1S/C25H31N5O2/c1-3-4-9-19(2)24(31)29-16-14-28(15-17-29)23-25(32)30(18-20-10-6-5-7-11-20)22-21(27-23)12-8-13-26-22/h5-8,10-13,19H,3-4,9,14-18H2,1-2H3/t19-/m1/s1. The average Bonchev–Trinajstić information content (AvgIpc) is 2.84. The summed E-state index contributed by atoms with van der Waals surface area (Å²) < 4.78 is 1.71. The number of nitrogens with zero attached hydrogens (tertiary/aromatic N) is 5. The Kier molecular flexibility index (Phi) is 6.83. The van der Waals surface area contributed by atoms with Crippen LogP contribution in [0.2, 0.25) is 0 Å². The van der Waals surface area contributed by atoms with Crippen molar-refractivity contribution >= 4 is 22.9 Å². The van der Waals surface area contributed by atoms with Gasteiger partial charge in [0.05, 0.1) is 6.54 Å². The summed E-state index contributed by atoms with van der Waals surface area (Å²) in [6.45, 7) is 7.03. The van der Waals surface area contributed by atoms with Gasteiger partial charge in [-0.3, -0.25) is 14.2 Å². The quantitative estimate of drug-likeness (QED) is 0.572. The van der Waals surface area contributed by atoms with Crippen molar-refractivity contribution < 1.29 is 4.79 Å². The maximum Gasteiger partial charge on any atom is 0.295 e. The first-order chi connectivity index (χ1) is 15.6. The molecule has 0 saturated carbocycles. The van der Waals surface area contributed by atoms with E-state index in [9.17, 15) is 9.59 Å². The van der Waals surface area contributed by atoms with Gasteiger partial charge in [0, 0.05) is 38.3 Å².